The van der Waals surface area contributed by atoms with E-state index in [0.717, 1.165) is 36.8 Å². The van der Waals surface area contributed by atoms with E-state index >= 15 is 0 Å². The van der Waals surface area contributed by atoms with Crippen LogP contribution in [-0.2, 0) is 13.0 Å². The van der Waals surface area contributed by atoms with Crippen LogP contribution in [-0.4, -0.2) is 31.7 Å². The van der Waals surface area contributed by atoms with Gasteiger partial charge >= 0.3 is 0 Å². The van der Waals surface area contributed by atoms with E-state index in [0.29, 0.717) is 5.69 Å². The highest BCUT2D eigenvalue weighted by molar-refractivity contribution is 6.02. The number of carbonyl (C=O) groups is 1. The molecule has 0 fully saturated rings. The summed E-state index contributed by atoms with van der Waals surface area (Å²) in [5, 5.41) is 2.77. The zero-order valence-corrected chi connectivity index (χ0v) is 15.8. The van der Waals surface area contributed by atoms with Gasteiger partial charge in [0, 0.05) is 13.1 Å². The molecule has 0 unspecified atom stereocenters. The Bertz CT molecular complexity index is 968. The molecule has 28 heavy (non-hydrogen) atoms. The van der Waals surface area contributed by atoms with Crippen molar-refractivity contribution < 1.29 is 18.7 Å². The molecule has 1 N–H and O–H groups in total. The van der Waals surface area contributed by atoms with Gasteiger partial charge in [-0.25, -0.2) is 4.98 Å². The normalized spacial score (nSPS) is 13.0. The summed E-state index contributed by atoms with van der Waals surface area (Å²) in [6.45, 7) is 1.59. The summed E-state index contributed by atoms with van der Waals surface area (Å²) in [6.07, 6.45) is 4.02. The lowest BCUT2D eigenvalue weighted by atomic mass is 9.99. The number of carbonyl (C=O) groups excluding carboxylic acids is 1. The van der Waals surface area contributed by atoms with Gasteiger partial charge < -0.3 is 24.1 Å². The Kier molecular flexibility index (Phi) is 4.89. The Balaban J connectivity index is 1.47. The van der Waals surface area contributed by atoms with Crippen molar-refractivity contribution in [1.82, 2.24) is 4.98 Å². The number of nitrogens with one attached hydrogen (secondary N) is 1. The average Bonchev–Trinajstić information content (AvgIpc) is 3.28. The molecule has 0 radical (unpaired) electrons. The quantitative estimate of drug-likeness (QED) is 0.731. The largest absolute Gasteiger partial charge is 0.493 e. The van der Waals surface area contributed by atoms with E-state index in [1.807, 2.05) is 24.3 Å². The van der Waals surface area contributed by atoms with Crippen molar-refractivity contribution in [3.63, 3.8) is 0 Å². The summed E-state index contributed by atoms with van der Waals surface area (Å²) in [5.41, 5.74) is 3.08. The molecule has 0 aliphatic carbocycles. The second-order valence-electron chi connectivity index (χ2n) is 6.48. The highest BCUT2D eigenvalue weighted by Crippen LogP contribution is 2.34. The minimum Gasteiger partial charge on any atom is -0.493 e. The minimum absolute atomic E-state index is 0.265. The van der Waals surface area contributed by atoms with Gasteiger partial charge in [0.15, 0.2) is 17.3 Å². The van der Waals surface area contributed by atoms with Crippen molar-refractivity contribution in [1.29, 1.82) is 0 Å². The van der Waals surface area contributed by atoms with Gasteiger partial charge in [-0.2, -0.15) is 0 Å². The summed E-state index contributed by atoms with van der Waals surface area (Å²) in [4.78, 5) is 18.8. The molecule has 1 aromatic carbocycles. The topological polar surface area (TPSA) is 76.8 Å². The zero-order valence-electron chi connectivity index (χ0n) is 15.8. The van der Waals surface area contributed by atoms with E-state index < -0.39 is 0 Å². The minimum atomic E-state index is -0.299. The number of hydrogen-bond donors (Lipinski definition) is 1. The number of furan rings is 1. The van der Waals surface area contributed by atoms with Gasteiger partial charge in [-0.15, -0.1) is 0 Å². The number of fused-ring (bicyclic) bond motifs is 1. The van der Waals surface area contributed by atoms with Gasteiger partial charge in [-0.1, -0.05) is 0 Å². The molecule has 1 aliphatic rings. The fraction of sp³-hybridized carbons (Fsp3) is 0.238. The van der Waals surface area contributed by atoms with Crippen LogP contribution in [0.15, 0.2) is 53.3 Å². The number of pyridine rings is 1. The van der Waals surface area contributed by atoms with E-state index in [1.165, 1.54) is 17.4 Å². The fourth-order valence-electron chi connectivity index (χ4n) is 3.33. The van der Waals surface area contributed by atoms with E-state index in [4.69, 9.17) is 13.9 Å². The third-order valence-corrected chi connectivity index (χ3v) is 4.79. The summed E-state index contributed by atoms with van der Waals surface area (Å²) >= 11 is 0. The number of aromatic nitrogens is 1. The Labute approximate surface area is 162 Å². The van der Waals surface area contributed by atoms with Crippen molar-refractivity contribution >= 4 is 17.4 Å². The molecule has 0 saturated carbocycles. The zero-order chi connectivity index (χ0) is 19.5. The lowest BCUT2D eigenvalue weighted by Crippen LogP contribution is -2.31. The van der Waals surface area contributed by atoms with E-state index in [1.54, 1.807) is 32.5 Å². The lowest BCUT2D eigenvalue weighted by molar-refractivity contribution is 0.0996. The first-order valence-corrected chi connectivity index (χ1v) is 8.97. The molecule has 3 heterocycles. The van der Waals surface area contributed by atoms with Crippen LogP contribution in [0.2, 0.25) is 0 Å². The van der Waals surface area contributed by atoms with Crippen LogP contribution in [0.4, 0.5) is 11.5 Å². The smallest absolute Gasteiger partial charge is 0.291 e. The van der Waals surface area contributed by atoms with Crippen molar-refractivity contribution in [2.24, 2.45) is 0 Å². The molecule has 4 rings (SSSR count). The summed E-state index contributed by atoms with van der Waals surface area (Å²) in [6, 6.07) is 11.1. The molecule has 7 nitrogen and oxygen atoms in total. The van der Waals surface area contributed by atoms with Gasteiger partial charge in [0.1, 0.15) is 5.82 Å². The van der Waals surface area contributed by atoms with Crippen LogP contribution in [0.3, 0.4) is 0 Å². The van der Waals surface area contributed by atoms with Crippen LogP contribution < -0.4 is 19.7 Å². The number of benzene rings is 1. The first-order chi connectivity index (χ1) is 13.7. The first-order valence-electron chi connectivity index (χ1n) is 8.97. The third kappa shape index (κ3) is 3.51. The molecule has 2 aromatic heterocycles. The molecule has 3 aromatic rings. The second-order valence-corrected chi connectivity index (χ2v) is 6.48. The summed E-state index contributed by atoms with van der Waals surface area (Å²) in [5.74, 6) is 2.31. The third-order valence-electron chi connectivity index (χ3n) is 4.79. The second kappa shape index (κ2) is 7.64. The molecule has 0 atom stereocenters. The number of amides is 1. The SMILES string of the molecule is COc1cc2c(cc1OC)CN(c1ccc(NC(=O)c3ccco3)cn1)CC2. The predicted octanol–water partition coefficient (Wildman–Crippen LogP) is 3.51. The highest BCUT2D eigenvalue weighted by Gasteiger charge is 2.20. The standard InChI is InChI=1S/C21H21N3O4/c1-26-18-10-14-7-8-24(13-15(14)11-19(18)27-2)20-6-5-16(12-22-20)23-21(25)17-4-3-9-28-17/h3-6,9-12H,7-8,13H2,1-2H3,(H,23,25). The number of methoxy groups -OCH3 is 2. The number of anilines is 2. The number of hydrogen-bond acceptors (Lipinski definition) is 6. The summed E-state index contributed by atoms with van der Waals surface area (Å²) < 4.78 is 15.9. The Morgan fingerprint density at radius 3 is 2.57 bits per heavy atom. The monoisotopic (exact) mass is 379 g/mol. The Morgan fingerprint density at radius 2 is 1.93 bits per heavy atom. The molecule has 0 saturated heterocycles. The molecule has 0 bridgehead atoms. The van der Waals surface area contributed by atoms with Crippen molar-refractivity contribution in [3.8, 4) is 11.5 Å². The molecular formula is C21H21N3O4. The molecule has 144 valence electrons. The Morgan fingerprint density at radius 1 is 1.14 bits per heavy atom. The lowest BCUT2D eigenvalue weighted by Gasteiger charge is -2.30. The van der Waals surface area contributed by atoms with Gasteiger partial charge in [0.25, 0.3) is 5.91 Å². The van der Waals surface area contributed by atoms with Crippen LogP contribution in [0, 0.1) is 0 Å². The number of rotatable bonds is 5. The van der Waals surface area contributed by atoms with Crippen LogP contribution in [0.25, 0.3) is 0 Å². The maximum atomic E-state index is 12.0. The number of nitrogens with zero attached hydrogens (tertiary/aromatic N) is 2. The summed E-state index contributed by atoms with van der Waals surface area (Å²) in [7, 11) is 3.29. The average molecular weight is 379 g/mol. The van der Waals surface area contributed by atoms with Crippen molar-refractivity contribution in [3.05, 3.63) is 65.7 Å². The molecule has 7 heteroatoms. The first kappa shape index (κ1) is 17.9. The highest BCUT2D eigenvalue weighted by atomic mass is 16.5. The van der Waals surface area contributed by atoms with Gasteiger partial charge in [-0.05, 0) is 53.9 Å². The fourth-order valence-corrected chi connectivity index (χ4v) is 3.33. The van der Waals surface area contributed by atoms with E-state index in [9.17, 15) is 4.79 Å². The van der Waals surface area contributed by atoms with Crippen molar-refractivity contribution in [2.45, 2.75) is 13.0 Å². The van der Waals surface area contributed by atoms with Gasteiger partial charge in [0.2, 0.25) is 0 Å². The van der Waals surface area contributed by atoms with Crippen LogP contribution >= 0.6 is 0 Å². The maximum absolute atomic E-state index is 12.0. The van der Waals surface area contributed by atoms with E-state index in [-0.39, 0.29) is 11.7 Å². The maximum Gasteiger partial charge on any atom is 0.291 e. The Hall–Kier alpha value is -3.48. The molecule has 1 amide bonds. The molecule has 1 aliphatic heterocycles. The predicted molar refractivity (Wildman–Crippen MR) is 105 cm³/mol. The van der Waals surface area contributed by atoms with E-state index in [2.05, 4.69) is 15.2 Å². The van der Waals surface area contributed by atoms with Gasteiger partial charge in [-0.3, -0.25) is 4.79 Å². The van der Waals surface area contributed by atoms with Crippen molar-refractivity contribution in [2.75, 3.05) is 31.0 Å². The molecular weight excluding hydrogens is 358 g/mol. The van der Waals surface area contributed by atoms with Gasteiger partial charge in [0.05, 0.1) is 32.4 Å². The molecule has 0 spiro atoms. The van der Waals surface area contributed by atoms with Crippen LogP contribution in [0.1, 0.15) is 21.7 Å². The number of ether oxygens (including phenoxy) is 2. The van der Waals surface area contributed by atoms with Crippen LogP contribution in [0.5, 0.6) is 11.5 Å².